The van der Waals surface area contributed by atoms with Gasteiger partial charge in [-0.05, 0) is 11.8 Å². The Labute approximate surface area is 72.3 Å². The van der Waals surface area contributed by atoms with Crippen LogP contribution < -0.4 is 5.32 Å². The lowest BCUT2D eigenvalue weighted by molar-refractivity contribution is -0.138. The number of carboxylic acids is 1. The Balaban J connectivity index is 2.53. The molecule has 0 amide bonds. The number of carboxylic acid groups (broad SMARTS) is 1. The van der Waals surface area contributed by atoms with Gasteiger partial charge in [0.1, 0.15) is 10.4 Å². The second-order valence-corrected chi connectivity index (χ2v) is 3.68. The molecule has 11 heavy (non-hydrogen) atoms. The third-order valence-electron chi connectivity index (χ3n) is 1.15. The van der Waals surface area contributed by atoms with Crippen LogP contribution in [0.1, 0.15) is 6.42 Å². The molecule has 0 aromatic heterocycles. The van der Waals surface area contributed by atoms with Crippen LogP contribution in [-0.4, -0.2) is 26.6 Å². The highest BCUT2D eigenvalue weighted by atomic mass is 32.2. The maximum atomic E-state index is 10.9. The summed E-state index contributed by atoms with van der Waals surface area (Å²) in [6.07, 6.45) is -0.202. The minimum atomic E-state index is -0.999. The smallest absolute Gasteiger partial charge is 0.305 e. The minimum Gasteiger partial charge on any atom is -0.481 e. The lowest BCUT2D eigenvalue weighted by atomic mass is 10.2. The van der Waals surface area contributed by atoms with Crippen molar-refractivity contribution in [3.63, 3.8) is 0 Å². The number of thiocarbonyl (C=S) groups is 1. The van der Waals surface area contributed by atoms with Gasteiger partial charge in [-0.3, -0.25) is 9.59 Å². The van der Waals surface area contributed by atoms with Gasteiger partial charge >= 0.3 is 5.97 Å². The normalized spacial score (nSPS) is 23.5. The van der Waals surface area contributed by atoms with Gasteiger partial charge in [0, 0.05) is 0 Å². The number of aliphatic carboxylic acids is 1. The molecule has 0 bridgehead atoms. The molecule has 0 spiro atoms. The topological polar surface area (TPSA) is 66.4 Å². The Morgan fingerprint density at radius 1 is 1.82 bits per heavy atom. The summed E-state index contributed by atoms with van der Waals surface area (Å²) in [5.74, 6) is -0.999. The van der Waals surface area contributed by atoms with Gasteiger partial charge in [0.25, 0.3) is 0 Å². The van der Waals surface area contributed by atoms with E-state index < -0.39 is 12.0 Å². The SMILES string of the molecule is O=C(O)CC1NC(=S)SC1=O. The Bertz CT molecular complexity index is 228. The van der Waals surface area contributed by atoms with Crippen molar-refractivity contribution >= 4 is 39.4 Å². The van der Waals surface area contributed by atoms with Crippen molar-refractivity contribution in [2.75, 3.05) is 0 Å². The zero-order chi connectivity index (χ0) is 8.43. The van der Waals surface area contributed by atoms with E-state index in [0.29, 0.717) is 4.32 Å². The summed E-state index contributed by atoms with van der Waals surface area (Å²) in [5.41, 5.74) is 0. The first-order valence-corrected chi connectivity index (χ1v) is 4.06. The molecule has 0 aliphatic carbocycles. The molecule has 1 aliphatic heterocycles. The quantitative estimate of drug-likeness (QED) is 0.598. The predicted molar refractivity (Wildman–Crippen MR) is 44.4 cm³/mol. The first-order chi connectivity index (χ1) is 5.09. The third-order valence-corrected chi connectivity index (χ3v) is 2.31. The summed E-state index contributed by atoms with van der Waals surface area (Å²) in [7, 11) is 0. The number of hydrogen-bond donors (Lipinski definition) is 2. The highest BCUT2D eigenvalue weighted by molar-refractivity contribution is 8.33. The fourth-order valence-corrected chi connectivity index (χ4v) is 1.76. The number of nitrogens with one attached hydrogen (secondary N) is 1. The molecular formula is C5H5NO3S2. The van der Waals surface area contributed by atoms with Crippen LogP contribution in [0.4, 0.5) is 0 Å². The molecule has 1 aliphatic rings. The minimum absolute atomic E-state index is 0.202. The molecule has 1 rings (SSSR count). The summed E-state index contributed by atoms with van der Waals surface area (Å²) in [6, 6.07) is -0.634. The summed E-state index contributed by atoms with van der Waals surface area (Å²) in [5, 5.41) is 10.7. The van der Waals surface area contributed by atoms with Crippen LogP contribution in [0.25, 0.3) is 0 Å². The maximum absolute atomic E-state index is 10.9. The van der Waals surface area contributed by atoms with E-state index in [1.54, 1.807) is 0 Å². The van der Waals surface area contributed by atoms with Gasteiger partial charge in [0.05, 0.1) is 6.42 Å². The van der Waals surface area contributed by atoms with E-state index in [9.17, 15) is 9.59 Å². The number of carbonyl (C=O) groups excluding carboxylic acids is 1. The molecular weight excluding hydrogens is 186 g/mol. The van der Waals surface area contributed by atoms with Crippen LogP contribution in [0.2, 0.25) is 0 Å². The highest BCUT2D eigenvalue weighted by Gasteiger charge is 2.30. The standard InChI is InChI=1S/C5H5NO3S2/c7-3(8)1-2-4(9)11-5(10)6-2/h2H,1H2,(H,6,10)(H,7,8). The Kier molecular flexibility index (Phi) is 2.45. The lowest BCUT2D eigenvalue weighted by Gasteiger charge is -2.02. The Morgan fingerprint density at radius 2 is 2.45 bits per heavy atom. The molecule has 0 saturated carbocycles. The van der Waals surface area contributed by atoms with Crippen LogP contribution in [0, 0.1) is 0 Å². The zero-order valence-corrected chi connectivity index (χ0v) is 7.00. The van der Waals surface area contributed by atoms with E-state index in [-0.39, 0.29) is 11.5 Å². The van der Waals surface area contributed by atoms with E-state index >= 15 is 0 Å². The van der Waals surface area contributed by atoms with E-state index in [2.05, 4.69) is 17.5 Å². The molecule has 4 nitrogen and oxygen atoms in total. The van der Waals surface area contributed by atoms with Crippen LogP contribution in [0.15, 0.2) is 0 Å². The third kappa shape index (κ3) is 2.16. The van der Waals surface area contributed by atoms with Gasteiger partial charge in [-0.2, -0.15) is 0 Å². The molecule has 1 unspecified atom stereocenters. The highest BCUT2D eigenvalue weighted by Crippen LogP contribution is 2.17. The zero-order valence-electron chi connectivity index (χ0n) is 5.36. The van der Waals surface area contributed by atoms with E-state index in [1.807, 2.05) is 0 Å². The molecule has 1 saturated heterocycles. The van der Waals surface area contributed by atoms with Gasteiger partial charge in [0.15, 0.2) is 0 Å². The summed E-state index contributed by atoms with van der Waals surface area (Å²) in [6.45, 7) is 0. The monoisotopic (exact) mass is 191 g/mol. The molecule has 2 N–H and O–H groups in total. The van der Waals surface area contributed by atoms with Gasteiger partial charge in [-0.1, -0.05) is 12.2 Å². The summed E-state index contributed by atoms with van der Waals surface area (Å²) >= 11 is 5.55. The average molecular weight is 191 g/mol. The van der Waals surface area contributed by atoms with Gasteiger partial charge < -0.3 is 10.4 Å². The van der Waals surface area contributed by atoms with Crippen LogP contribution in [-0.2, 0) is 9.59 Å². The van der Waals surface area contributed by atoms with E-state index in [0.717, 1.165) is 11.8 Å². The lowest BCUT2D eigenvalue weighted by Crippen LogP contribution is -2.30. The molecule has 0 radical (unpaired) electrons. The Hall–Kier alpha value is -0.620. The fourth-order valence-electron chi connectivity index (χ4n) is 0.702. The molecule has 60 valence electrons. The predicted octanol–water partition coefficient (Wildman–Crippen LogP) is -0.0224. The molecule has 0 aromatic rings. The van der Waals surface area contributed by atoms with Crippen LogP contribution >= 0.6 is 24.0 Å². The maximum Gasteiger partial charge on any atom is 0.305 e. The van der Waals surface area contributed by atoms with Crippen molar-refractivity contribution in [1.29, 1.82) is 0 Å². The molecule has 1 fully saturated rings. The second kappa shape index (κ2) is 3.19. The molecule has 6 heteroatoms. The molecule has 0 aromatic carbocycles. The summed E-state index contributed by atoms with van der Waals surface area (Å²) < 4.78 is 0.362. The first kappa shape index (κ1) is 8.48. The van der Waals surface area contributed by atoms with Gasteiger partial charge in [-0.15, -0.1) is 0 Å². The second-order valence-electron chi connectivity index (χ2n) is 2.00. The summed E-state index contributed by atoms with van der Waals surface area (Å²) in [4.78, 5) is 21.0. The number of hydrogen-bond acceptors (Lipinski definition) is 4. The van der Waals surface area contributed by atoms with Crippen LogP contribution in [0.5, 0.6) is 0 Å². The van der Waals surface area contributed by atoms with Crippen molar-refractivity contribution < 1.29 is 14.7 Å². The van der Waals surface area contributed by atoms with Crippen molar-refractivity contribution in [2.45, 2.75) is 12.5 Å². The number of rotatable bonds is 2. The van der Waals surface area contributed by atoms with Crippen molar-refractivity contribution in [3.8, 4) is 0 Å². The fraction of sp³-hybridized carbons (Fsp3) is 0.400. The van der Waals surface area contributed by atoms with Gasteiger partial charge in [-0.25, -0.2) is 0 Å². The van der Waals surface area contributed by atoms with E-state index in [1.165, 1.54) is 0 Å². The number of thioether (sulfide) groups is 1. The average Bonchev–Trinajstić information content (AvgIpc) is 2.09. The van der Waals surface area contributed by atoms with Crippen molar-refractivity contribution in [1.82, 2.24) is 5.32 Å². The van der Waals surface area contributed by atoms with Gasteiger partial charge in [0.2, 0.25) is 5.12 Å². The largest absolute Gasteiger partial charge is 0.481 e. The molecule has 1 atom stereocenters. The Morgan fingerprint density at radius 3 is 2.82 bits per heavy atom. The van der Waals surface area contributed by atoms with Crippen LogP contribution in [0.3, 0.4) is 0 Å². The van der Waals surface area contributed by atoms with Crippen molar-refractivity contribution in [2.24, 2.45) is 0 Å². The van der Waals surface area contributed by atoms with Crippen molar-refractivity contribution in [3.05, 3.63) is 0 Å². The molecule has 1 heterocycles. The first-order valence-electron chi connectivity index (χ1n) is 2.83. The number of carbonyl (C=O) groups is 2. The van der Waals surface area contributed by atoms with E-state index in [4.69, 9.17) is 5.11 Å².